The average molecular weight is 520 g/mol. The van der Waals surface area contributed by atoms with Crippen LogP contribution in [0.3, 0.4) is 0 Å². The number of benzene rings is 3. The highest BCUT2D eigenvalue weighted by Gasteiger charge is 2.37. The third kappa shape index (κ3) is 6.77. The predicted octanol–water partition coefficient (Wildman–Crippen LogP) is 8.16. The van der Waals surface area contributed by atoms with Gasteiger partial charge in [-0.05, 0) is 61.1 Å². The summed E-state index contributed by atoms with van der Waals surface area (Å²) >= 11 is 0. The minimum atomic E-state index is -2.63. The summed E-state index contributed by atoms with van der Waals surface area (Å²) in [7, 11) is 0. The van der Waals surface area contributed by atoms with E-state index in [4.69, 9.17) is 0 Å². The van der Waals surface area contributed by atoms with Crippen LogP contribution in [-0.4, -0.2) is 30.8 Å². The molecule has 0 bridgehead atoms. The van der Waals surface area contributed by atoms with Crippen molar-refractivity contribution in [2.24, 2.45) is 5.92 Å². The lowest BCUT2D eigenvalue weighted by Crippen LogP contribution is -2.43. The number of halogens is 2. The van der Waals surface area contributed by atoms with Crippen LogP contribution < -0.4 is 15.5 Å². The summed E-state index contributed by atoms with van der Waals surface area (Å²) in [6, 6.07) is 20.0. The number of hydrogen-bond donors (Lipinski definition) is 2. The van der Waals surface area contributed by atoms with Crippen molar-refractivity contribution in [1.29, 1.82) is 0 Å². The largest absolute Gasteiger partial charge is 0.367 e. The molecule has 3 aromatic rings. The zero-order chi connectivity index (χ0) is 27.3. The summed E-state index contributed by atoms with van der Waals surface area (Å²) in [6.07, 6.45) is 1.28. The SMILES string of the molecule is Cc1ccc(NC(=O)Nc2cc(-c3ccccc3C=O)ccc2N(CC(C)C)C2CCC(F)(F)CC2)cc1. The van der Waals surface area contributed by atoms with Gasteiger partial charge in [0.25, 0.3) is 0 Å². The third-order valence-electron chi connectivity index (χ3n) is 6.95. The minimum Gasteiger partial charge on any atom is -0.367 e. The Hall–Kier alpha value is -3.74. The van der Waals surface area contributed by atoms with Crippen LogP contribution in [0.4, 0.5) is 30.6 Å². The highest BCUT2D eigenvalue weighted by Crippen LogP contribution is 2.40. The Kier molecular flexibility index (Phi) is 8.45. The Morgan fingerprint density at radius 1 is 1.03 bits per heavy atom. The van der Waals surface area contributed by atoms with E-state index in [1.807, 2.05) is 61.5 Å². The number of carbonyl (C=O) groups excluding carboxylic acids is 2. The lowest BCUT2D eigenvalue weighted by atomic mass is 9.90. The number of nitrogens with one attached hydrogen (secondary N) is 2. The average Bonchev–Trinajstić information content (AvgIpc) is 2.89. The van der Waals surface area contributed by atoms with Gasteiger partial charge in [0.1, 0.15) is 0 Å². The second-order valence-electron chi connectivity index (χ2n) is 10.5. The fraction of sp³-hybridized carbons (Fsp3) is 0.355. The summed E-state index contributed by atoms with van der Waals surface area (Å²) in [5, 5.41) is 5.87. The molecular weight excluding hydrogens is 484 g/mol. The second-order valence-corrected chi connectivity index (χ2v) is 10.5. The van der Waals surface area contributed by atoms with Crippen molar-refractivity contribution in [2.75, 3.05) is 22.1 Å². The molecule has 1 saturated carbocycles. The van der Waals surface area contributed by atoms with Crippen LogP contribution >= 0.6 is 0 Å². The highest BCUT2D eigenvalue weighted by molar-refractivity contribution is 6.03. The lowest BCUT2D eigenvalue weighted by molar-refractivity contribution is -0.0382. The summed E-state index contributed by atoms with van der Waals surface area (Å²) < 4.78 is 28.0. The molecule has 0 spiro atoms. The van der Waals surface area contributed by atoms with Gasteiger partial charge in [-0.25, -0.2) is 13.6 Å². The van der Waals surface area contributed by atoms with Crippen LogP contribution in [0.5, 0.6) is 0 Å². The van der Waals surface area contributed by atoms with Gasteiger partial charge in [0.2, 0.25) is 5.92 Å². The van der Waals surface area contributed by atoms with Crippen LogP contribution in [0.25, 0.3) is 11.1 Å². The van der Waals surface area contributed by atoms with E-state index in [9.17, 15) is 18.4 Å². The van der Waals surface area contributed by atoms with Crippen LogP contribution in [0, 0.1) is 12.8 Å². The first-order valence-corrected chi connectivity index (χ1v) is 13.1. The van der Waals surface area contributed by atoms with E-state index in [0.717, 1.165) is 28.7 Å². The molecule has 3 aromatic carbocycles. The number of carbonyl (C=O) groups is 2. The van der Waals surface area contributed by atoms with Crippen molar-refractivity contribution in [3.05, 3.63) is 77.9 Å². The number of amides is 2. The monoisotopic (exact) mass is 519 g/mol. The number of nitrogens with zero attached hydrogens (tertiary/aromatic N) is 1. The predicted molar refractivity (Wildman–Crippen MR) is 150 cm³/mol. The molecule has 1 aliphatic rings. The molecule has 0 saturated heterocycles. The molecule has 2 N–H and O–H groups in total. The highest BCUT2D eigenvalue weighted by atomic mass is 19.3. The summed E-state index contributed by atoms with van der Waals surface area (Å²) in [6.45, 7) is 6.82. The van der Waals surface area contributed by atoms with Crippen molar-refractivity contribution in [2.45, 2.75) is 58.4 Å². The summed E-state index contributed by atoms with van der Waals surface area (Å²) in [4.78, 5) is 27.0. The minimum absolute atomic E-state index is 0.0640. The zero-order valence-corrected chi connectivity index (χ0v) is 22.1. The first-order valence-electron chi connectivity index (χ1n) is 13.1. The molecule has 0 aromatic heterocycles. The molecule has 0 atom stereocenters. The first kappa shape index (κ1) is 27.3. The van der Waals surface area contributed by atoms with Gasteiger partial charge in [0.15, 0.2) is 6.29 Å². The number of aryl methyl sites for hydroxylation is 1. The van der Waals surface area contributed by atoms with Crippen LogP contribution in [0.1, 0.15) is 55.5 Å². The van der Waals surface area contributed by atoms with E-state index in [-0.39, 0.29) is 24.8 Å². The molecule has 7 heteroatoms. The van der Waals surface area contributed by atoms with Gasteiger partial charge in [-0.3, -0.25) is 4.79 Å². The molecule has 0 aliphatic heterocycles. The summed E-state index contributed by atoms with van der Waals surface area (Å²) in [5.41, 5.74) is 5.16. The van der Waals surface area contributed by atoms with E-state index < -0.39 is 12.0 Å². The van der Waals surface area contributed by atoms with Crippen LogP contribution in [0.15, 0.2) is 66.7 Å². The Balaban J connectivity index is 1.72. The van der Waals surface area contributed by atoms with Gasteiger partial charge in [0.05, 0.1) is 11.4 Å². The number of hydrogen-bond acceptors (Lipinski definition) is 3. The molecule has 200 valence electrons. The second kappa shape index (κ2) is 11.8. The van der Waals surface area contributed by atoms with Gasteiger partial charge in [-0.15, -0.1) is 0 Å². The van der Waals surface area contributed by atoms with Gasteiger partial charge in [-0.2, -0.15) is 0 Å². The van der Waals surface area contributed by atoms with Crippen molar-refractivity contribution in [3.63, 3.8) is 0 Å². The fourth-order valence-corrected chi connectivity index (χ4v) is 5.01. The number of aldehydes is 1. The quantitative estimate of drug-likeness (QED) is 0.295. The van der Waals surface area contributed by atoms with Crippen molar-refractivity contribution < 1.29 is 18.4 Å². The smallest absolute Gasteiger partial charge is 0.323 e. The molecule has 1 aliphatic carbocycles. The van der Waals surface area contributed by atoms with Gasteiger partial charge >= 0.3 is 6.03 Å². The number of rotatable bonds is 8. The van der Waals surface area contributed by atoms with Crippen molar-refractivity contribution in [3.8, 4) is 11.1 Å². The Bertz CT molecular complexity index is 1260. The van der Waals surface area contributed by atoms with E-state index in [0.29, 0.717) is 36.3 Å². The Morgan fingerprint density at radius 3 is 2.37 bits per heavy atom. The number of anilines is 3. The maximum Gasteiger partial charge on any atom is 0.323 e. The molecule has 0 unspecified atom stereocenters. The molecule has 2 amide bonds. The molecular formula is C31H35F2N3O2. The van der Waals surface area contributed by atoms with Gasteiger partial charge in [-0.1, -0.05) is 61.9 Å². The fourth-order valence-electron chi connectivity index (χ4n) is 5.01. The molecule has 5 nitrogen and oxygen atoms in total. The molecule has 0 heterocycles. The van der Waals surface area contributed by atoms with Gasteiger partial charge in [0, 0.05) is 36.7 Å². The topological polar surface area (TPSA) is 61.4 Å². The van der Waals surface area contributed by atoms with Gasteiger partial charge < -0.3 is 15.5 Å². The lowest BCUT2D eigenvalue weighted by Gasteiger charge is -2.40. The third-order valence-corrected chi connectivity index (χ3v) is 6.95. The molecule has 4 rings (SSSR count). The van der Waals surface area contributed by atoms with E-state index >= 15 is 0 Å². The number of alkyl halides is 2. The standard InChI is InChI=1S/C31H35F2N3O2/c1-21(2)19-36(26-14-16-31(32,33)17-15-26)29-13-10-23(27-7-5-4-6-24(27)20-37)18-28(29)35-30(38)34-25-11-8-22(3)9-12-25/h4-13,18,20-21,26H,14-17,19H2,1-3H3,(H2,34,35,38). The van der Waals surface area contributed by atoms with E-state index in [2.05, 4.69) is 29.4 Å². The number of urea groups is 1. The normalized spacial score (nSPS) is 15.2. The molecule has 38 heavy (non-hydrogen) atoms. The first-order chi connectivity index (χ1) is 18.1. The van der Waals surface area contributed by atoms with E-state index in [1.54, 1.807) is 12.1 Å². The summed E-state index contributed by atoms with van der Waals surface area (Å²) in [5.74, 6) is -2.35. The van der Waals surface area contributed by atoms with Crippen LogP contribution in [-0.2, 0) is 0 Å². The zero-order valence-electron chi connectivity index (χ0n) is 22.1. The van der Waals surface area contributed by atoms with E-state index in [1.165, 1.54) is 0 Å². The Morgan fingerprint density at radius 2 is 1.71 bits per heavy atom. The Labute approximate surface area is 223 Å². The molecule has 1 fully saturated rings. The maximum atomic E-state index is 14.0. The maximum absolute atomic E-state index is 14.0. The van der Waals surface area contributed by atoms with Crippen molar-refractivity contribution in [1.82, 2.24) is 0 Å². The van der Waals surface area contributed by atoms with Crippen LogP contribution in [0.2, 0.25) is 0 Å². The van der Waals surface area contributed by atoms with Crippen molar-refractivity contribution >= 4 is 29.4 Å². The molecule has 0 radical (unpaired) electrons.